The minimum absolute atomic E-state index is 0.0334. The van der Waals surface area contributed by atoms with Gasteiger partial charge in [-0.3, -0.25) is 4.79 Å². The van der Waals surface area contributed by atoms with Gasteiger partial charge in [0.05, 0.1) is 11.3 Å². The molecule has 1 N–H and O–H groups in total. The van der Waals surface area contributed by atoms with Crippen molar-refractivity contribution in [2.45, 2.75) is 6.92 Å². The monoisotopic (exact) mass is 298 g/mol. The maximum atomic E-state index is 13.5. The first-order chi connectivity index (χ1) is 8.97. The number of nitrogens with one attached hydrogen (secondary N) is 1. The molecule has 0 unspecified atom stereocenters. The van der Waals surface area contributed by atoms with Crippen LogP contribution < -0.4 is 5.32 Å². The molecule has 0 saturated carbocycles. The van der Waals surface area contributed by atoms with Crippen molar-refractivity contribution in [2.24, 2.45) is 0 Å². The molecule has 0 aliphatic heterocycles. The van der Waals surface area contributed by atoms with Crippen LogP contribution in [0.1, 0.15) is 16.1 Å². The van der Waals surface area contributed by atoms with Crippen LogP contribution in [0.3, 0.4) is 0 Å². The van der Waals surface area contributed by atoms with Gasteiger partial charge < -0.3 is 5.32 Å². The minimum Gasteiger partial charge on any atom is -0.319 e. The second-order valence-corrected chi connectivity index (χ2v) is 4.66. The third-order valence-corrected chi connectivity index (χ3v) is 2.94. The summed E-state index contributed by atoms with van der Waals surface area (Å²) in [7, 11) is 0. The van der Waals surface area contributed by atoms with Gasteiger partial charge in [0.1, 0.15) is 11.0 Å². The Morgan fingerprint density at radius 3 is 2.63 bits per heavy atom. The number of halogens is 3. The Morgan fingerprint density at radius 2 is 2.00 bits per heavy atom. The highest BCUT2D eigenvalue weighted by Gasteiger charge is 2.13. The van der Waals surface area contributed by atoms with E-state index in [4.69, 9.17) is 23.2 Å². The summed E-state index contributed by atoms with van der Waals surface area (Å²) in [6.07, 6.45) is 0. The number of carbonyl (C=O) groups is 1. The molecular formula is C13H9Cl2FN2O. The third-order valence-electron chi connectivity index (χ3n) is 2.41. The first-order valence-electron chi connectivity index (χ1n) is 5.37. The Morgan fingerprint density at radius 1 is 1.26 bits per heavy atom. The molecule has 2 aromatic rings. The summed E-state index contributed by atoms with van der Waals surface area (Å²) in [6.45, 7) is 1.76. The first-order valence-corrected chi connectivity index (χ1v) is 6.12. The standard InChI is InChI=1S/C13H9Cl2FN2O/c1-7-2-4-9(12(15)17-7)13(19)18-11-5-3-8(14)6-10(11)16/h2-6H,1H3,(H,18,19). The van der Waals surface area contributed by atoms with Crippen LogP contribution in [0.5, 0.6) is 0 Å². The lowest BCUT2D eigenvalue weighted by Crippen LogP contribution is -2.14. The molecule has 0 atom stereocenters. The van der Waals surface area contributed by atoms with Crippen molar-refractivity contribution >= 4 is 34.8 Å². The van der Waals surface area contributed by atoms with E-state index in [9.17, 15) is 9.18 Å². The molecular weight excluding hydrogens is 290 g/mol. The Balaban J connectivity index is 2.25. The zero-order valence-corrected chi connectivity index (χ0v) is 11.4. The zero-order chi connectivity index (χ0) is 14.0. The van der Waals surface area contributed by atoms with Crippen LogP contribution in [0.25, 0.3) is 0 Å². The van der Waals surface area contributed by atoms with Crippen molar-refractivity contribution in [3.8, 4) is 0 Å². The van der Waals surface area contributed by atoms with E-state index in [-0.39, 0.29) is 21.4 Å². The lowest BCUT2D eigenvalue weighted by atomic mass is 10.2. The third kappa shape index (κ3) is 3.22. The van der Waals surface area contributed by atoms with Crippen LogP contribution in [-0.4, -0.2) is 10.9 Å². The highest BCUT2D eigenvalue weighted by Crippen LogP contribution is 2.21. The Hall–Kier alpha value is -1.65. The number of amides is 1. The van der Waals surface area contributed by atoms with E-state index in [1.165, 1.54) is 18.2 Å². The molecule has 3 nitrogen and oxygen atoms in total. The lowest BCUT2D eigenvalue weighted by Gasteiger charge is -2.08. The number of carbonyl (C=O) groups excluding carboxylic acids is 1. The Labute approximate surface area is 119 Å². The van der Waals surface area contributed by atoms with Gasteiger partial charge in [0, 0.05) is 10.7 Å². The van der Waals surface area contributed by atoms with Crippen LogP contribution in [0, 0.1) is 12.7 Å². The maximum absolute atomic E-state index is 13.5. The van der Waals surface area contributed by atoms with Crippen molar-refractivity contribution in [1.29, 1.82) is 0 Å². The number of benzene rings is 1. The Bertz CT molecular complexity index is 647. The van der Waals surface area contributed by atoms with Gasteiger partial charge in [0.15, 0.2) is 0 Å². The summed E-state index contributed by atoms with van der Waals surface area (Å²) >= 11 is 11.5. The summed E-state index contributed by atoms with van der Waals surface area (Å²) in [5, 5.41) is 2.75. The number of aromatic nitrogens is 1. The van der Waals surface area contributed by atoms with Gasteiger partial charge in [-0.15, -0.1) is 0 Å². The van der Waals surface area contributed by atoms with Crippen molar-refractivity contribution in [1.82, 2.24) is 4.98 Å². The van der Waals surface area contributed by atoms with Crippen molar-refractivity contribution < 1.29 is 9.18 Å². The van der Waals surface area contributed by atoms with E-state index >= 15 is 0 Å². The van der Waals surface area contributed by atoms with E-state index in [0.717, 1.165) is 6.07 Å². The number of hydrogen-bond acceptors (Lipinski definition) is 2. The second kappa shape index (κ2) is 5.55. The number of pyridine rings is 1. The lowest BCUT2D eigenvalue weighted by molar-refractivity contribution is 0.102. The van der Waals surface area contributed by atoms with Gasteiger partial charge >= 0.3 is 0 Å². The molecule has 1 amide bonds. The molecule has 1 heterocycles. The van der Waals surface area contributed by atoms with Gasteiger partial charge in [-0.2, -0.15) is 0 Å². The van der Waals surface area contributed by atoms with Crippen LogP contribution in [0.4, 0.5) is 10.1 Å². The molecule has 0 bridgehead atoms. The largest absolute Gasteiger partial charge is 0.319 e. The summed E-state index contributed by atoms with van der Waals surface area (Å²) in [6, 6.07) is 7.17. The molecule has 2 rings (SSSR count). The summed E-state index contributed by atoms with van der Waals surface area (Å²) in [5.74, 6) is -1.14. The summed E-state index contributed by atoms with van der Waals surface area (Å²) < 4.78 is 13.5. The SMILES string of the molecule is Cc1ccc(C(=O)Nc2ccc(Cl)cc2F)c(Cl)n1. The van der Waals surface area contributed by atoms with Crippen LogP contribution in [0.15, 0.2) is 30.3 Å². The van der Waals surface area contributed by atoms with Crippen molar-refractivity contribution in [3.63, 3.8) is 0 Å². The van der Waals surface area contributed by atoms with Crippen LogP contribution in [-0.2, 0) is 0 Å². The number of rotatable bonds is 2. The molecule has 0 saturated heterocycles. The molecule has 0 aliphatic rings. The maximum Gasteiger partial charge on any atom is 0.258 e. The quantitative estimate of drug-likeness (QED) is 0.849. The van der Waals surface area contributed by atoms with E-state index in [1.54, 1.807) is 13.0 Å². The molecule has 6 heteroatoms. The zero-order valence-electron chi connectivity index (χ0n) is 9.88. The van der Waals surface area contributed by atoms with E-state index in [1.807, 2.05) is 0 Å². The fraction of sp³-hybridized carbons (Fsp3) is 0.0769. The second-order valence-electron chi connectivity index (χ2n) is 3.87. The van der Waals surface area contributed by atoms with Gasteiger partial charge in [-0.1, -0.05) is 23.2 Å². The van der Waals surface area contributed by atoms with Gasteiger partial charge in [-0.05, 0) is 37.3 Å². The summed E-state index contributed by atoms with van der Waals surface area (Å²) in [5.41, 5.74) is 0.909. The number of anilines is 1. The van der Waals surface area contributed by atoms with E-state index in [2.05, 4.69) is 10.3 Å². The number of nitrogens with zero attached hydrogens (tertiary/aromatic N) is 1. The smallest absolute Gasteiger partial charge is 0.258 e. The van der Waals surface area contributed by atoms with E-state index in [0.29, 0.717) is 5.69 Å². The number of hydrogen-bond donors (Lipinski definition) is 1. The fourth-order valence-corrected chi connectivity index (χ4v) is 1.92. The molecule has 19 heavy (non-hydrogen) atoms. The van der Waals surface area contributed by atoms with Crippen LogP contribution in [0.2, 0.25) is 10.2 Å². The molecule has 1 aromatic carbocycles. The predicted molar refractivity (Wildman–Crippen MR) is 73.3 cm³/mol. The average Bonchev–Trinajstić information content (AvgIpc) is 2.32. The predicted octanol–water partition coefficient (Wildman–Crippen LogP) is 4.09. The fourth-order valence-electron chi connectivity index (χ4n) is 1.47. The van der Waals surface area contributed by atoms with Gasteiger partial charge in [0.2, 0.25) is 0 Å². The van der Waals surface area contributed by atoms with Crippen molar-refractivity contribution in [2.75, 3.05) is 5.32 Å². The van der Waals surface area contributed by atoms with Crippen molar-refractivity contribution in [3.05, 3.63) is 57.6 Å². The molecule has 0 radical (unpaired) electrons. The molecule has 0 aliphatic carbocycles. The highest BCUT2D eigenvalue weighted by atomic mass is 35.5. The van der Waals surface area contributed by atoms with Gasteiger partial charge in [-0.25, -0.2) is 9.37 Å². The van der Waals surface area contributed by atoms with E-state index < -0.39 is 11.7 Å². The molecule has 0 spiro atoms. The number of aryl methyl sites for hydroxylation is 1. The highest BCUT2D eigenvalue weighted by molar-refractivity contribution is 6.33. The average molecular weight is 299 g/mol. The molecule has 1 aromatic heterocycles. The van der Waals surface area contributed by atoms with Gasteiger partial charge in [0.25, 0.3) is 5.91 Å². The summed E-state index contributed by atoms with van der Waals surface area (Å²) in [4.78, 5) is 15.9. The van der Waals surface area contributed by atoms with Crippen LogP contribution >= 0.6 is 23.2 Å². The minimum atomic E-state index is -0.614. The molecule has 0 fully saturated rings. The Kier molecular flexibility index (Phi) is 4.02. The first kappa shape index (κ1) is 13.8. The normalized spacial score (nSPS) is 10.3. The topological polar surface area (TPSA) is 42.0 Å². The molecule has 98 valence electrons.